The maximum absolute atomic E-state index is 12.6. The van der Waals surface area contributed by atoms with Crippen LogP contribution in [0.25, 0.3) is 0 Å². The zero-order valence-corrected chi connectivity index (χ0v) is 12.4. The van der Waals surface area contributed by atoms with Crippen LogP contribution < -0.4 is 0 Å². The van der Waals surface area contributed by atoms with Gasteiger partial charge in [-0.15, -0.1) is 0 Å². The van der Waals surface area contributed by atoms with Crippen LogP contribution in [0, 0.1) is 23.2 Å². The summed E-state index contributed by atoms with van der Waals surface area (Å²) in [5.41, 5.74) is 0.324. The molecule has 2 nitrogen and oxygen atoms in total. The summed E-state index contributed by atoms with van der Waals surface area (Å²) in [4.78, 5) is 12.6. The van der Waals surface area contributed by atoms with Crippen LogP contribution in [0.1, 0.15) is 68.2 Å². The lowest BCUT2D eigenvalue weighted by molar-refractivity contribution is -0.0527. The third-order valence-electron chi connectivity index (χ3n) is 5.99. The Morgan fingerprint density at radius 2 is 1.75 bits per heavy atom. The summed E-state index contributed by atoms with van der Waals surface area (Å²) in [5, 5.41) is 0. The first-order chi connectivity index (χ1) is 9.66. The highest BCUT2D eigenvalue weighted by molar-refractivity contribution is 5.94. The standard InChI is InChI=1S/C18H24O2/c1-2-15-3-4-17(20-15)16(19)11-18-8-12-5-13(9-18)7-14(6-12)10-18/h3-4,12-14H,2,5-11H2,1H3. The van der Waals surface area contributed by atoms with Crippen molar-refractivity contribution in [1.82, 2.24) is 0 Å². The SMILES string of the molecule is CCc1ccc(C(=O)CC23CC4CC(CC(C4)C2)C3)o1. The minimum Gasteiger partial charge on any atom is -0.458 e. The Labute approximate surface area is 120 Å². The smallest absolute Gasteiger partial charge is 0.198 e. The summed E-state index contributed by atoms with van der Waals surface area (Å²) in [5.74, 6) is 4.51. The van der Waals surface area contributed by atoms with Crippen molar-refractivity contribution < 1.29 is 9.21 Å². The highest BCUT2D eigenvalue weighted by atomic mass is 16.3. The minimum absolute atomic E-state index is 0.242. The van der Waals surface area contributed by atoms with E-state index in [0.29, 0.717) is 11.2 Å². The fourth-order valence-electron chi connectivity index (χ4n) is 5.65. The maximum atomic E-state index is 12.6. The third-order valence-corrected chi connectivity index (χ3v) is 5.99. The molecule has 0 N–H and O–H groups in total. The number of aryl methyl sites for hydroxylation is 1. The number of hydrogen-bond donors (Lipinski definition) is 0. The molecule has 0 unspecified atom stereocenters. The van der Waals surface area contributed by atoms with Gasteiger partial charge in [0.25, 0.3) is 0 Å². The first kappa shape index (κ1) is 12.7. The van der Waals surface area contributed by atoms with Crippen LogP contribution in [-0.2, 0) is 6.42 Å². The molecule has 20 heavy (non-hydrogen) atoms. The van der Waals surface area contributed by atoms with Crippen molar-refractivity contribution in [3.63, 3.8) is 0 Å². The van der Waals surface area contributed by atoms with E-state index in [0.717, 1.165) is 36.4 Å². The number of carbonyl (C=O) groups is 1. The van der Waals surface area contributed by atoms with Crippen molar-refractivity contribution in [3.8, 4) is 0 Å². The zero-order chi connectivity index (χ0) is 13.7. The second-order valence-electron chi connectivity index (χ2n) is 7.64. The normalized spacial score (nSPS) is 38.4. The number of Topliss-reactive ketones (excluding diaryl/α,β-unsaturated/α-hetero) is 1. The lowest BCUT2D eigenvalue weighted by atomic mass is 9.48. The average molecular weight is 272 g/mol. The van der Waals surface area contributed by atoms with E-state index in [4.69, 9.17) is 4.42 Å². The van der Waals surface area contributed by atoms with Crippen LogP contribution >= 0.6 is 0 Å². The predicted octanol–water partition coefficient (Wildman–Crippen LogP) is 4.63. The van der Waals surface area contributed by atoms with Crippen molar-refractivity contribution in [2.45, 2.75) is 58.3 Å². The van der Waals surface area contributed by atoms with Gasteiger partial charge in [0, 0.05) is 12.8 Å². The quantitative estimate of drug-likeness (QED) is 0.748. The molecule has 0 aliphatic heterocycles. The van der Waals surface area contributed by atoms with Crippen LogP contribution in [0.3, 0.4) is 0 Å². The molecule has 4 bridgehead atoms. The summed E-state index contributed by atoms with van der Waals surface area (Å²) in [6.45, 7) is 2.06. The number of carbonyl (C=O) groups excluding carboxylic acids is 1. The van der Waals surface area contributed by atoms with E-state index >= 15 is 0 Å². The highest BCUT2D eigenvalue weighted by Crippen LogP contribution is 2.61. The summed E-state index contributed by atoms with van der Waals surface area (Å²) >= 11 is 0. The Hall–Kier alpha value is -1.05. The summed E-state index contributed by atoms with van der Waals surface area (Å²) in [6, 6.07) is 3.83. The molecule has 1 aromatic rings. The van der Waals surface area contributed by atoms with Crippen molar-refractivity contribution in [3.05, 3.63) is 23.7 Å². The largest absolute Gasteiger partial charge is 0.458 e. The monoisotopic (exact) mass is 272 g/mol. The molecule has 0 amide bonds. The average Bonchev–Trinajstić information content (AvgIpc) is 2.85. The Balaban J connectivity index is 1.52. The number of ketones is 1. The molecular formula is C18H24O2. The molecule has 1 aromatic heterocycles. The van der Waals surface area contributed by atoms with Gasteiger partial charge in [0.05, 0.1) is 0 Å². The van der Waals surface area contributed by atoms with Crippen molar-refractivity contribution in [2.24, 2.45) is 23.2 Å². The van der Waals surface area contributed by atoms with E-state index in [9.17, 15) is 4.79 Å². The molecule has 0 atom stereocenters. The predicted molar refractivity (Wildman–Crippen MR) is 77.6 cm³/mol. The fraction of sp³-hybridized carbons (Fsp3) is 0.722. The van der Waals surface area contributed by atoms with Gasteiger partial charge in [-0.05, 0) is 73.8 Å². The van der Waals surface area contributed by atoms with E-state index in [1.54, 1.807) is 0 Å². The van der Waals surface area contributed by atoms with Gasteiger partial charge in [-0.2, -0.15) is 0 Å². The molecule has 108 valence electrons. The maximum Gasteiger partial charge on any atom is 0.198 e. The number of rotatable bonds is 4. The van der Waals surface area contributed by atoms with Gasteiger partial charge in [-0.25, -0.2) is 0 Å². The van der Waals surface area contributed by atoms with E-state index in [1.165, 1.54) is 38.5 Å². The Morgan fingerprint density at radius 1 is 1.15 bits per heavy atom. The van der Waals surface area contributed by atoms with E-state index in [2.05, 4.69) is 6.92 Å². The van der Waals surface area contributed by atoms with Crippen LogP contribution in [0.4, 0.5) is 0 Å². The van der Waals surface area contributed by atoms with Gasteiger partial charge in [-0.1, -0.05) is 6.92 Å². The number of furan rings is 1. The minimum atomic E-state index is 0.242. The topological polar surface area (TPSA) is 30.2 Å². The summed E-state index contributed by atoms with van der Waals surface area (Å²) in [6.07, 6.45) is 9.80. The van der Waals surface area contributed by atoms with Gasteiger partial charge in [0.2, 0.25) is 0 Å². The molecule has 4 aliphatic rings. The van der Waals surface area contributed by atoms with E-state index < -0.39 is 0 Å². The lowest BCUT2D eigenvalue weighted by Crippen LogP contribution is -2.46. The molecule has 4 fully saturated rings. The Bertz CT molecular complexity index is 490. The first-order valence-electron chi connectivity index (χ1n) is 8.28. The van der Waals surface area contributed by atoms with Crippen LogP contribution in [0.2, 0.25) is 0 Å². The summed E-state index contributed by atoms with van der Waals surface area (Å²) in [7, 11) is 0. The highest BCUT2D eigenvalue weighted by Gasteiger charge is 2.51. The second kappa shape index (κ2) is 4.47. The van der Waals surface area contributed by atoms with E-state index in [1.807, 2.05) is 12.1 Å². The number of hydrogen-bond acceptors (Lipinski definition) is 2. The zero-order valence-electron chi connectivity index (χ0n) is 12.4. The molecular weight excluding hydrogens is 248 g/mol. The first-order valence-corrected chi connectivity index (χ1v) is 8.28. The van der Waals surface area contributed by atoms with Gasteiger partial charge in [-0.3, -0.25) is 4.79 Å². The van der Waals surface area contributed by atoms with Gasteiger partial charge < -0.3 is 4.42 Å². The third kappa shape index (κ3) is 2.04. The Morgan fingerprint density at radius 3 is 2.25 bits per heavy atom. The van der Waals surface area contributed by atoms with Crippen LogP contribution in [0.15, 0.2) is 16.5 Å². The summed E-state index contributed by atoms with van der Waals surface area (Å²) < 4.78 is 5.66. The molecule has 0 radical (unpaired) electrons. The van der Waals surface area contributed by atoms with Crippen LogP contribution in [-0.4, -0.2) is 5.78 Å². The van der Waals surface area contributed by atoms with Crippen molar-refractivity contribution in [1.29, 1.82) is 0 Å². The molecule has 2 heteroatoms. The molecule has 4 saturated carbocycles. The lowest BCUT2D eigenvalue weighted by Gasteiger charge is -2.56. The molecule has 1 heterocycles. The van der Waals surface area contributed by atoms with Gasteiger partial charge in [0.15, 0.2) is 11.5 Å². The molecule has 5 rings (SSSR count). The second-order valence-corrected chi connectivity index (χ2v) is 7.64. The molecule has 4 aliphatic carbocycles. The van der Waals surface area contributed by atoms with Crippen molar-refractivity contribution in [2.75, 3.05) is 0 Å². The fourth-order valence-corrected chi connectivity index (χ4v) is 5.65. The molecule has 0 aromatic carbocycles. The molecule has 0 saturated heterocycles. The Kier molecular flexibility index (Phi) is 2.84. The van der Waals surface area contributed by atoms with Crippen LogP contribution in [0.5, 0.6) is 0 Å². The van der Waals surface area contributed by atoms with Crippen molar-refractivity contribution >= 4 is 5.78 Å². The van der Waals surface area contributed by atoms with E-state index in [-0.39, 0.29) is 5.78 Å². The molecule has 0 spiro atoms. The van der Waals surface area contributed by atoms with Gasteiger partial charge >= 0.3 is 0 Å². The van der Waals surface area contributed by atoms with Gasteiger partial charge in [0.1, 0.15) is 5.76 Å².